The predicted octanol–water partition coefficient (Wildman–Crippen LogP) is 5.36. The van der Waals surface area contributed by atoms with Crippen LogP contribution >= 0.6 is 11.6 Å². The van der Waals surface area contributed by atoms with Gasteiger partial charge in [-0.25, -0.2) is 9.37 Å². The van der Waals surface area contributed by atoms with E-state index in [-0.39, 0.29) is 18.0 Å². The first-order valence-electron chi connectivity index (χ1n) is 10.9. The van der Waals surface area contributed by atoms with E-state index in [4.69, 9.17) is 27.1 Å². The maximum Gasteiger partial charge on any atom is 0.165 e. The van der Waals surface area contributed by atoms with Crippen LogP contribution < -0.4 is 10.6 Å². The number of nitrogens with zero attached hydrogens (tertiary/aromatic N) is 4. The molecule has 170 valence electrons. The zero-order chi connectivity index (χ0) is 23.3. The maximum absolute atomic E-state index is 15.0. The fraction of sp³-hybridized carbons (Fsp3) is 0.280. The predicted molar refractivity (Wildman–Crippen MR) is 130 cm³/mol. The molecular formula is C25H25ClFN5O. The van der Waals surface area contributed by atoms with E-state index in [1.54, 1.807) is 22.8 Å². The molecule has 0 spiro atoms. The van der Waals surface area contributed by atoms with E-state index >= 15 is 4.39 Å². The number of benzene rings is 2. The van der Waals surface area contributed by atoms with Crippen molar-refractivity contribution in [1.82, 2.24) is 14.6 Å². The maximum atomic E-state index is 15.0. The van der Waals surface area contributed by atoms with Crippen molar-refractivity contribution in [1.29, 1.82) is 0 Å². The van der Waals surface area contributed by atoms with E-state index in [2.05, 4.69) is 10.00 Å². The molecule has 1 aliphatic heterocycles. The first kappa shape index (κ1) is 21.7. The number of ether oxygens (including phenoxy) is 1. The lowest BCUT2D eigenvalue weighted by atomic mass is 10.0. The normalized spacial score (nSPS) is 18.8. The topological polar surface area (TPSA) is 68.7 Å². The van der Waals surface area contributed by atoms with Crippen molar-refractivity contribution >= 4 is 28.8 Å². The van der Waals surface area contributed by atoms with Gasteiger partial charge in [-0.05, 0) is 56.7 Å². The molecule has 2 aromatic heterocycles. The Hall–Kier alpha value is -3.16. The van der Waals surface area contributed by atoms with Crippen molar-refractivity contribution in [2.24, 2.45) is 0 Å². The molecule has 6 nitrogen and oxygen atoms in total. The summed E-state index contributed by atoms with van der Waals surface area (Å²) in [5.74, 6) is 0.0957. The second kappa shape index (κ2) is 8.32. The zero-order valence-electron chi connectivity index (χ0n) is 18.7. The summed E-state index contributed by atoms with van der Waals surface area (Å²) in [5, 5.41) is 5.06. The molecule has 5 rings (SSSR count). The third-order valence-electron chi connectivity index (χ3n) is 6.00. The molecular weight excluding hydrogens is 441 g/mol. The largest absolute Gasteiger partial charge is 0.383 e. The Morgan fingerprint density at radius 1 is 1.09 bits per heavy atom. The van der Waals surface area contributed by atoms with Crippen LogP contribution in [0.5, 0.6) is 0 Å². The standard InChI is InChI=1S/C25H25ClFN5O/c1-14-12-31(13-15(2)33-14)19-7-8-22(27)20(10-19)21-11-29-32-24(28)23(16(3)30-25(21)32)17-5-4-6-18(26)9-17/h4-11,14-15H,12-13,28H2,1-3H3/t14-,15+. The van der Waals surface area contributed by atoms with Gasteiger partial charge >= 0.3 is 0 Å². The Labute approximate surface area is 196 Å². The first-order valence-corrected chi connectivity index (χ1v) is 11.3. The van der Waals surface area contributed by atoms with Gasteiger partial charge < -0.3 is 15.4 Å². The summed E-state index contributed by atoms with van der Waals surface area (Å²) >= 11 is 6.18. The Kier molecular flexibility index (Phi) is 5.46. The van der Waals surface area contributed by atoms with E-state index in [0.717, 1.165) is 35.6 Å². The summed E-state index contributed by atoms with van der Waals surface area (Å²) in [6.07, 6.45) is 1.83. The van der Waals surface area contributed by atoms with Crippen molar-refractivity contribution in [3.8, 4) is 22.3 Å². The van der Waals surface area contributed by atoms with Gasteiger partial charge in [-0.2, -0.15) is 9.61 Å². The summed E-state index contributed by atoms with van der Waals surface area (Å²) in [5.41, 5.74) is 11.3. The molecule has 0 bridgehead atoms. The van der Waals surface area contributed by atoms with Gasteiger partial charge in [0, 0.05) is 40.5 Å². The molecule has 0 unspecified atom stereocenters. The number of fused-ring (bicyclic) bond motifs is 1. The van der Waals surface area contributed by atoms with Crippen LogP contribution in [0.1, 0.15) is 19.5 Å². The number of anilines is 2. The summed E-state index contributed by atoms with van der Waals surface area (Å²) in [4.78, 5) is 6.98. The Balaban J connectivity index is 1.61. The molecule has 2 N–H and O–H groups in total. The Morgan fingerprint density at radius 3 is 2.58 bits per heavy atom. The van der Waals surface area contributed by atoms with Crippen molar-refractivity contribution in [2.45, 2.75) is 33.0 Å². The lowest BCUT2D eigenvalue weighted by molar-refractivity contribution is -0.00521. The molecule has 0 saturated carbocycles. The van der Waals surface area contributed by atoms with Crippen molar-refractivity contribution in [3.63, 3.8) is 0 Å². The monoisotopic (exact) mass is 465 g/mol. The highest BCUT2D eigenvalue weighted by Crippen LogP contribution is 2.35. The van der Waals surface area contributed by atoms with Crippen LogP contribution in [-0.2, 0) is 4.74 Å². The SMILES string of the molecule is Cc1nc2c(-c3cc(N4C[C@@H](C)O[C@@H](C)C4)ccc3F)cnn2c(N)c1-c1cccc(Cl)c1. The van der Waals surface area contributed by atoms with Crippen LogP contribution in [0.25, 0.3) is 27.9 Å². The van der Waals surface area contributed by atoms with E-state index in [9.17, 15) is 0 Å². The van der Waals surface area contributed by atoms with Crippen LogP contribution in [0.3, 0.4) is 0 Å². The number of halogens is 2. The van der Waals surface area contributed by atoms with Crippen LogP contribution in [-0.4, -0.2) is 39.9 Å². The van der Waals surface area contributed by atoms with Gasteiger partial charge in [-0.15, -0.1) is 0 Å². The molecule has 33 heavy (non-hydrogen) atoms. The lowest BCUT2D eigenvalue weighted by Gasteiger charge is -2.37. The summed E-state index contributed by atoms with van der Waals surface area (Å²) in [6, 6.07) is 12.6. The molecule has 2 aromatic carbocycles. The molecule has 4 aromatic rings. The molecule has 3 heterocycles. The highest BCUT2D eigenvalue weighted by atomic mass is 35.5. The number of rotatable bonds is 3. The van der Waals surface area contributed by atoms with Crippen LogP contribution in [0.2, 0.25) is 5.02 Å². The Bertz CT molecular complexity index is 1340. The molecule has 1 fully saturated rings. The minimum atomic E-state index is -0.333. The Morgan fingerprint density at radius 2 is 1.85 bits per heavy atom. The minimum Gasteiger partial charge on any atom is -0.383 e. The number of hydrogen-bond acceptors (Lipinski definition) is 5. The van der Waals surface area contributed by atoms with Gasteiger partial charge in [-0.1, -0.05) is 23.7 Å². The fourth-order valence-corrected chi connectivity index (χ4v) is 4.82. The zero-order valence-corrected chi connectivity index (χ0v) is 19.5. The van der Waals surface area contributed by atoms with E-state index in [0.29, 0.717) is 27.6 Å². The third kappa shape index (κ3) is 3.92. The first-order chi connectivity index (χ1) is 15.8. The lowest BCUT2D eigenvalue weighted by Crippen LogP contribution is -2.45. The highest BCUT2D eigenvalue weighted by Gasteiger charge is 2.24. The van der Waals surface area contributed by atoms with Gasteiger partial charge in [0.05, 0.1) is 24.1 Å². The number of nitrogens with two attached hydrogens (primary N) is 1. The van der Waals surface area contributed by atoms with E-state index < -0.39 is 0 Å². The molecule has 1 aliphatic rings. The minimum absolute atomic E-state index is 0.105. The average molecular weight is 466 g/mol. The molecule has 0 radical (unpaired) electrons. The van der Waals surface area contributed by atoms with E-state index in [1.165, 1.54) is 6.07 Å². The summed E-state index contributed by atoms with van der Waals surface area (Å²) < 4.78 is 22.4. The number of hydrogen-bond donors (Lipinski definition) is 1. The van der Waals surface area contributed by atoms with Gasteiger partial charge in [0.15, 0.2) is 5.65 Å². The molecule has 1 saturated heterocycles. The van der Waals surface area contributed by atoms with Gasteiger partial charge in [-0.3, -0.25) is 0 Å². The molecule has 8 heteroatoms. The smallest absolute Gasteiger partial charge is 0.165 e. The molecule has 0 amide bonds. The summed E-state index contributed by atoms with van der Waals surface area (Å²) in [7, 11) is 0. The quantitative estimate of drug-likeness (QED) is 0.441. The van der Waals surface area contributed by atoms with Gasteiger partial charge in [0.25, 0.3) is 0 Å². The van der Waals surface area contributed by atoms with Crippen LogP contribution in [0.4, 0.5) is 15.9 Å². The summed E-state index contributed by atoms with van der Waals surface area (Å²) in [6.45, 7) is 7.47. The third-order valence-corrected chi connectivity index (χ3v) is 6.24. The van der Waals surface area contributed by atoms with Crippen molar-refractivity contribution in [2.75, 3.05) is 23.7 Å². The highest BCUT2D eigenvalue weighted by molar-refractivity contribution is 6.30. The van der Waals surface area contributed by atoms with Crippen molar-refractivity contribution < 1.29 is 9.13 Å². The molecule has 0 aliphatic carbocycles. The van der Waals surface area contributed by atoms with Crippen LogP contribution in [0, 0.1) is 12.7 Å². The van der Waals surface area contributed by atoms with Crippen molar-refractivity contribution in [3.05, 3.63) is 65.2 Å². The molecule has 2 atom stereocenters. The second-order valence-corrected chi connectivity index (χ2v) is 9.02. The fourth-order valence-electron chi connectivity index (χ4n) is 4.63. The average Bonchev–Trinajstić information content (AvgIpc) is 3.17. The van der Waals surface area contributed by atoms with Crippen LogP contribution in [0.15, 0.2) is 48.7 Å². The van der Waals surface area contributed by atoms with Gasteiger partial charge in [0.2, 0.25) is 0 Å². The second-order valence-electron chi connectivity index (χ2n) is 8.59. The number of morpholine rings is 1. The van der Waals surface area contributed by atoms with E-state index in [1.807, 2.05) is 45.0 Å². The number of nitrogen functional groups attached to an aromatic ring is 1. The number of aromatic nitrogens is 3. The number of aryl methyl sites for hydroxylation is 1. The van der Waals surface area contributed by atoms with Gasteiger partial charge in [0.1, 0.15) is 11.6 Å².